The van der Waals surface area contributed by atoms with E-state index in [0.717, 1.165) is 23.3 Å². The quantitative estimate of drug-likeness (QED) is 0.728. The van der Waals surface area contributed by atoms with Crippen molar-refractivity contribution in [3.05, 3.63) is 60.9 Å². The van der Waals surface area contributed by atoms with Gasteiger partial charge in [-0.3, -0.25) is 0 Å². The summed E-state index contributed by atoms with van der Waals surface area (Å²) in [5.74, 6) is 0.905. The summed E-state index contributed by atoms with van der Waals surface area (Å²) in [4.78, 5) is 4.35. The maximum absolute atomic E-state index is 5.68. The van der Waals surface area contributed by atoms with Crippen LogP contribution in [0.4, 0.5) is 0 Å². The molecule has 1 heterocycles. The number of benzene rings is 2. The highest BCUT2D eigenvalue weighted by molar-refractivity contribution is 5.85. The summed E-state index contributed by atoms with van der Waals surface area (Å²) < 4.78 is 7.79. The van der Waals surface area contributed by atoms with E-state index in [2.05, 4.69) is 15.6 Å². The number of hydrogen-bond acceptors (Lipinski definition) is 2. The lowest BCUT2D eigenvalue weighted by Crippen LogP contribution is -2.07. The first-order valence-corrected chi connectivity index (χ1v) is 6.01. The monoisotopic (exact) mass is 274 g/mol. The number of hydrogen-bond donors (Lipinski definition) is 0. The van der Waals surface area contributed by atoms with Crippen molar-refractivity contribution >= 4 is 23.4 Å². The summed E-state index contributed by atoms with van der Waals surface area (Å²) >= 11 is 0. The van der Waals surface area contributed by atoms with Crippen LogP contribution in [0.3, 0.4) is 0 Å². The Morgan fingerprint density at radius 3 is 2.53 bits per heavy atom. The maximum Gasteiger partial charge on any atom is 0.119 e. The number of fused-ring (bicyclic) bond motifs is 1. The van der Waals surface area contributed by atoms with Gasteiger partial charge in [-0.1, -0.05) is 30.3 Å². The molecule has 0 spiro atoms. The molecule has 4 heteroatoms. The lowest BCUT2D eigenvalue weighted by atomic mass is 10.3. The summed E-state index contributed by atoms with van der Waals surface area (Å²) in [6, 6.07) is 18.0. The third-order valence-corrected chi connectivity index (χ3v) is 2.87. The molecule has 0 N–H and O–H groups in total. The predicted molar refractivity (Wildman–Crippen MR) is 78.9 cm³/mol. The van der Waals surface area contributed by atoms with Crippen LogP contribution in [0.25, 0.3) is 11.0 Å². The van der Waals surface area contributed by atoms with Crippen molar-refractivity contribution in [1.29, 1.82) is 0 Å². The normalized spacial score (nSPS) is 10.1. The molecule has 3 aromatic rings. The first-order chi connectivity index (χ1) is 8.93. The topological polar surface area (TPSA) is 27.1 Å². The van der Waals surface area contributed by atoms with E-state index in [4.69, 9.17) is 4.74 Å². The third-order valence-electron chi connectivity index (χ3n) is 2.87. The van der Waals surface area contributed by atoms with Gasteiger partial charge in [0.05, 0.1) is 23.9 Å². The van der Waals surface area contributed by atoms with Crippen LogP contribution < -0.4 is 4.74 Å². The molecule has 0 aliphatic carbocycles. The lowest BCUT2D eigenvalue weighted by molar-refractivity contribution is 0.300. The van der Waals surface area contributed by atoms with Crippen molar-refractivity contribution in [3.8, 4) is 5.75 Å². The van der Waals surface area contributed by atoms with Crippen LogP contribution in [0.15, 0.2) is 60.9 Å². The number of aromatic nitrogens is 2. The number of nitrogens with zero attached hydrogens (tertiary/aromatic N) is 2. The average molecular weight is 275 g/mol. The zero-order valence-electron chi connectivity index (χ0n) is 10.4. The Hall–Kier alpha value is -2.00. The lowest BCUT2D eigenvalue weighted by Gasteiger charge is -2.07. The largest absolute Gasteiger partial charge is 0.492 e. The fraction of sp³-hybridized carbons (Fsp3) is 0.133. The van der Waals surface area contributed by atoms with Crippen molar-refractivity contribution in [3.63, 3.8) is 0 Å². The smallest absolute Gasteiger partial charge is 0.119 e. The van der Waals surface area contributed by atoms with Gasteiger partial charge < -0.3 is 9.30 Å². The molecule has 3 nitrogen and oxygen atoms in total. The van der Waals surface area contributed by atoms with E-state index in [1.807, 2.05) is 54.9 Å². The molecule has 0 aliphatic heterocycles. The van der Waals surface area contributed by atoms with E-state index in [0.29, 0.717) is 6.61 Å². The number of rotatable bonds is 4. The summed E-state index contributed by atoms with van der Waals surface area (Å²) in [6.07, 6.45) is 1.86. The minimum absolute atomic E-state index is 0. The predicted octanol–water partition coefficient (Wildman–Crippen LogP) is 3.54. The Balaban J connectivity index is 0.00000133. The van der Waals surface area contributed by atoms with Gasteiger partial charge in [0.1, 0.15) is 12.4 Å². The molecule has 1 aromatic heterocycles. The molecular formula is C15H15ClN2O. The maximum atomic E-state index is 5.68. The third kappa shape index (κ3) is 3.06. The summed E-state index contributed by atoms with van der Waals surface area (Å²) in [5.41, 5.74) is 2.17. The van der Waals surface area contributed by atoms with E-state index in [1.54, 1.807) is 0 Å². The molecule has 3 rings (SSSR count). The fourth-order valence-corrected chi connectivity index (χ4v) is 1.97. The van der Waals surface area contributed by atoms with Crippen LogP contribution >= 0.6 is 12.4 Å². The molecule has 0 saturated carbocycles. The minimum Gasteiger partial charge on any atom is -0.492 e. The van der Waals surface area contributed by atoms with Gasteiger partial charge in [-0.25, -0.2) is 4.98 Å². The van der Waals surface area contributed by atoms with E-state index in [1.165, 1.54) is 0 Å². The Morgan fingerprint density at radius 2 is 1.68 bits per heavy atom. The molecule has 2 aromatic carbocycles. The van der Waals surface area contributed by atoms with Crippen LogP contribution in [0.5, 0.6) is 5.75 Å². The van der Waals surface area contributed by atoms with E-state index in [9.17, 15) is 0 Å². The van der Waals surface area contributed by atoms with Gasteiger partial charge in [0.15, 0.2) is 0 Å². The van der Waals surface area contributed by atoms with Gasteiger partial charge in [0, 0.05) is 0 Å². The van der Waals surface area contributed by atoms with Crippen LogP contribution in [0, 0.1) is 0 Å². The summed E-state index contributed by atoms with van der Waals surface area (Å²) in [5, 5.41) is 0. The molecule has 0 bridgehead atoms. The van der Waals surface area contributed by atoms with Gasteiger partial charge in [0.25, 0.3) is 0 Å². The minimum atomic E-state index is 0. The SMILES string of the molecule is Cl.c1ccc(OCCn2cnc3ccccc32)cc1. The Bertz CT molecular complexity index is 637. The van der Waals surface area contributed by atoms with Crippen molar-refractivity contribution in [2.75, 3.05) is 6.61 Å². The second-order valence-corrected chi connectivity index (χ2v) is 4.09. The van der Waals surface area contributed by atoms with Gasteiger partial charge in [-0.15, -0.1) is 12.4 Å². The van der Waals surface area contributed by atoms with Crippen molar-refractivity contribution < 1.29 is 4.74 Å². The van der Waals surface area contributed by atoms with E-state index >= 15 is 0 Å². The average Bonchev–Trinajstić information content (AvgIpc) is 2.84. The molecule has 0 aliphatic rings. The second-order valence-electron chi connectivity index (χ2n) is 4.09. The molecular weight excluding hydrogens is 260 g/mol. The first kappa shape index (κ1) is 13.4. The molecule has 0 saturated heterocycles. The Kier molecular flexibility index (Phi) is 4.42. The Morgan fingerprint density at radius 1 is 0.947 bits per heavy atom. The van der Waals surface area contributed by atoms with E-state index in [-0.39, 0.29) is 12.4 Å². The van der Waals surface area contributed by atoms with Crippen molar-refractivity contribution in [2.24, 2.45) is 0 Å². The van der Waals surface area contributed by atoms with Crippen molar-refractivity contribution in [1.82, 2.24) is 9.55 Å². The van der Waals surface area contributed by atoms with Crippen LogP contribution in [-0.2, 0) is 6.54 Å². The highest BCUT2D eigenvalue weighted by Crippen LogP contribution is 2.12. The molecule has 0 radical (unpaired) electrons. The highest BCUT2D eigenvalue weighted by atomic mass is 35.5. The zero-order valence-corrected chi connectivity index (χ0v) is 11.2. The summed E-state index contributed by atoms with van der Waals surface area (Å²) in [7, 11) is 0. The zero-order chi connectivity index (χ0) is 12.2. The van der Waals surface area contributed by atoms with Crippen LogP contribution in [-0.4, -0.2) is 16.2 Å². The first-order valence-electron chi connectivity index (χ1n) is 6.01. The van der Waals surface area contributed by atoms with Gasteiger partial charge >= 0.3 is 0 Å². The molecule has 0 amide bonds. The van der Waals surface area contributed by atoms with Crippen LogP contribution in [0.2, 0.25) is 0 Å². The summed E-state index contributed by atoms with van der Waals surface area (Å²) in [6.45, 7) is 1.44. The van der Waals surface area contributed by atoms with Crippen LogP contribution in [0.1, 0.15) is 0 Å². The molecule has 0 unspecified atom stereocenters. The van der Waals surface area contributed by atoms with Gasteiger partial charge in [-0.05, 0) is 24.3 Å². The second kappa shape index (κ2) is 6.25. The molecule has 0 atom stereocenters. The number of halogens is 1. The highest BCUT2D eigenvalue weighted by Gasteiger charge is 2.00. The fourth-order valence-electron chi connectivity index (χ4n) is 1.97. The number of para-hydroxylation sites is 3. The molecule has 0 fully saturated rings. The van der Waals surface area contributed by atoms with Gasteiger partial charge in [-0.2, -0.15) is 0 Å². The standard InChI is InChI=1S/C15H14N2O.ClH/c1-2-6-13(7-3-1)18-11-10-17-12-16-14-8-4-5-9-15(14)17;/h1-9,12H,10-11H2;1H. The molecule has 98 valence electrons. The molecule has 19 heavy (non-hydrogen) atoms. The van der Waals surface area contributed by atoms with Gasteiger partial charge in [0.2, 0.25) is 0 Å². The number of ether oxygens (including phenoxy) is 1. The Labute approximate surface area is 118 Å². The van der Waals surface area contributed by atoms with E-state index < -0.39 is 0 Å². The van der Waals surface area contributed by atoms with Crippen molar-refractivity contribution in [2.45, 2.75) is 6.54 Å². The number of imidazole rings is 1.